The largest absolute Gasteiger partial charge is 0.447 e. The Morgan fingerprint density at radius 3 is 2.78 bits per heavy atom. The van der Waals surface area contributed by atoms with E-state index in [1.807, 2.05) is 0 Å². The Labute approximate surface area is 108 Å². The van der Waals surface area contributed by atoms with Crippen LogP contribution in [0.1, 0.15) is 25.5 Å². The number of unbranched alkanes of at least 4 members (excludes halogenated alkanes) is 1. The van der Waals surface area contributed by atoms with E-state index in [0.717, 1.165) is 19.4 Å². The molecule has 18 heavy (non-hydrogen) atoms. The van der Waals surface area contributed by atoms with Gasteiger partial charge in [0, 0.05) is 13.2 Å². The maximum absolute atomic E-state index is 11.0. The van der Waals surface area contributed by atoms with Crippen molar-refractivity contribution in [2.75, 3.05) is 19.8 Å². The molecule has 0 aliphatic rings. The van der Waals surface area contributed by atoms with Crippen LogP contribution in [0.25, 0.3) is 0 Å². The number of sulfonamides is 1. The Balaban J connectivity index is 2.18. The van der Waals surface area contributed by atoms with E-state index in [9.17, 15) is 8.42 Å². The SMILES string of the molecule is CCCCOCCNCc1ccc(S(N)(=O)=O)o1. The molecule has 0 amide bonds. The molecule has 0 bridgehead atoms. The van der Waals surface area contributed by atoms with E-state index in [2.05, 4.69) is 12.2 Å². The zero-order valence-electron chi connectivity index (χ0n) is 10.5. The molecule has 1 rings (SSSR count). The lowest BCUT2D eigenvalue weighted by molar-refractivity contribution is 0.132. The van der Waals surface area contributed by atoms with Crippen molar-refractivity contribution in [1.29, 1.82) is 0 Å². The molecule has 0 unspecified atom stereocenters. The molecule has 7 heteroatoms. The summed E-state index contributed by atoms with van der Waals surface area (Å²) in [7, 11) is -3.75. The third kappa shape index (κ3) is 5.63. The van der Waals surface area contributed by atoms with Crippen molar-refractivity contribution < 1.29 is 17.6 Å². The van der Waals surface area contributed by atoms with Gasteiger partial charge < -0.3 is 14.5 Å². The average Bonchev–Trinajstić information content (AvgIpc) is 2.76. The summed E-state index contributed by atoms with van der Waals surface area (Å²) in [6, 6.07) is 2.94. The molecule has 3 N–H and O–H groups in total. The van der Waals surface area contributed by atoms with Crippen LogP contribution in [0.3, 0.4) is 0 Å². The topological polar surface area (TPSA) is 94.6 Å². The fraction of sp³-hybridized carbons (Fsp3) is 0.636. The van der Waals surface area contributed by atoms with Gasteiger partial charge in [-0.15, -0.1) is 0 Å². The molecule has 0 aliphatic heterocycles. The summed E-state index contributed by atoms with van der Waals surface area (Å²) in [5, 5.41) is 7.81. The Morgan fingerprint density at radius 1 is 1.39 bits per heavy atom. The number of furan rings is 1. The van der Waals surface area contributed by atoms with Gasteiger partial charge in [0.1, 0.15) is 5.76 Å². The molecule has 0 atom stereocenters. The van der Waals surface area contributed by atoms with E-state index in [4.69, 9.17) is 14.3 Å². The maximum atomic E-state index is 11.0. The quantitative estimate of drug-likeness (QED) is 0.652. The lowest BCUT2D eigenvalue weighted by Gasteiger charge is -2.04. The van der Waals surface area contributed by atoms with E-state index in [-0.39, 0.29) is 5.09 Å². The number of hydrogen-bond acceptors (Lipinski definition) is 5. The third-order valence-corrected chi connectivity index (χ3v) is 3.06. The predicted molar refractivity (Wildman–Crippen MR) is 67.5 cm³/mol. The van der Waals surface area contributed by atoms with Gasteiger partial charge in [-0.05, 0) is 18.6 Å². The van der Waals surface area contributed by atoms with E-state index in [1.54, 1.807) is 6.07 Å². The highest BCUT2D eigenvalue weighted by atomic mass is 32.2. The highest BCUT2D eigenvalue weighted by Crippen LogP contribution is 2.11. The van der Waals surface area contributed by atoms with Gasteiger partial charge in [0.05, 0.1) is 13.2 Å². The van der Waals surface area contributed by atoms with Gasteiger partial charge >= 0.3 is 0 Å². The smallest absolute Gasteiger partial charge is 0.271 e. The Hall–Kier alpha value is -0.890. The van der Waals surface area contributed by atoms with Gasteiger partial charge in [-0.1, -0.05) is 13.3 Å². The van der Waals surface area contributed by atoms with Crippen molar-refractivity contribution in [2.24, 2.45) is 5.14 Å². The van der Waals surface area contributed by atoms with Crippen LogP contribution in [0, 0.1) is 0 Å². The van der Waals surface area contributed by atoms with Crippen LogP contribution in [-0.4, -0.2) is 28.2 Å². The number of nitrogens with two attached hydrogens (primary N) is 1. The zero-order valence-corrected chi connectivity index (χ0v) is 11.3. The molecule has 1 aromatic rings. The molecule has 0 saturated carbocycles. The molecule has 6 nitrogen and oxygen atoms in total. The number of primary sulfonamides is 1. The van der Waals surface area contributed by atoms with E-state index < -0.39 is 10.0 Å². The van der Waals surface area contributed by atoms with Crippen LogP contribution in [0.15, 0.2) is 21.6 Å². The van der Waals surface area contributed by atoms with Gasteiger partial charge in [0.2, 0.25) is 5.09 Å². The minimum absolute atomic E-state index is 0.210. The fourth-order valence-electron chi connectivity index (χ4n) is 1.31. The fourth-order valence-corrected chi connectivity index (χ4v) is 1.79. The minimum atomic E-state index is -3.75. The zero-order chi connectivity index (χ0) is 13.4. The summed E-state index contributed by atoms with van der Waals surface area (Å²) < 4.78 is 32.4. The summed E-state index contributed by atoms with van der Waals surface area (Å²) in [5.41, 5.74) is 0. The molecule has 0 aliphatic carbocycles. The number of hydrogen-bond donors (Lipinski definition) is 2. The van der Waals surface area contributed by atoms with E-state index in [0.29, 0.717) is 25.5 Å². The molecule has 0 fully saturated rings. The molecule has 1 heterocycles. The summed E-state index contributed by atoms with van der Waals surface area (Å²) in [6.45, 7) is 4.65. The Bertz CT molecular complexity index is 442. The van der Waals surface area contributed by atoms with Gasteiger partial charge in [0.15, 0.2) is 0 Å². The van der Waals surface area contributed by atoms with Crippen molar-refractivity contribution >= 4 is 10.0 Å². The first-order chi connectivity index (χ1) is 8.54. The Kier molecular flexibility index (Phi) is 6.34. The second kappa shape index (κ2) is 7.52. The van der Waals surface area contributed by atoms with Gasteiger partial charge in [-0.2, -0.15) is 0 Å². The van der Waals surface area contributed by atoms with Crippen LogP contribution in [0.2, 0.25) is 0 Å². The molecule has 0 radical (unpaired) electrons. The molecule has 0 aromatic carbocycles. The summed E-state index contributed by atoms with van der Waals surface area (Å²) in [4.78, 5) is 0. The lowest BCUT2D eigenvalue weighted by atomic mass is 10.4. The lowest BCUT2D eigenvalue weighted by Crippen LogP contribution is -2.19. The highest BCUT2D eigenvalue weighted by molar-refractivity contribution is 7.89. The molecular formula is C11H20N2O4S. The van der Waals surface area contributed by atoms with Gasteiger partial charge in [-0.25, -0.2) is 13.6 Å². The molecule has 0 saturated heterocycles. The van der Waals surface area contributed by atoms with Crippen molar-refractivity contribution in [1.82, 2.24) is 5.32 Å². The first-order valence-electron chi connectivity index (χ1n) is 5.94. The Morgan fingerprint density at radius 2 is 2.17 bits per heavy atom. The average molecular weight is 276 g/mol. The first kappa shape index (κ1) is 15.2. The summed E-state index contributed by atoms with van der Waals surface area (Å²) >= 11 is 0. The van der Waals surface area contributed by atoms with Crippen molar-refractivity contribution in [2.45, 2.75) is 31.4 Å². The molecular weight excluding hydrogens is 256 g/mol. The van der Waals surface area contributed by atoms with Gasteiger partial charge in [0.25, 0.3) is 10.0 Å². The first-order valence-corrected chi connectivity index (χ1v) is 7.48. The van der Waals surface area contributed by atoms with Crippen molar-refractivity contribution in [3.05, 3.63) is 17.9 Å². The normalized spacial score (nSPS) is 11.9. The molecule has 0 spiro atoms. The van der Waals surface area contributed by atoms with Crippen molar-refractivity contribution in [3.63, 3.8) is 0 Å². The van der Waals surface area contributed by atoms with Gasteiger partial charge in [-0.3, -0.25) is 0 Å². The number of nitrogens with one attached hydrogen (secondary N) is 1. The number of rotatable bonds is 9. The van der Waals surface area contributed by atoms with E-state index in [1.165, 1.54) is 6.07 Å². The van der Waals surface area contributed by atoms with Crippen LogP contribution < -0.4 is 10.5 Å². The monoisotopic (exact) mass is 276 g/mol. The van der Waals surface area contributed by atoms with E-state index >= 15 is 0 Å². The highest BCUT2D eigenvalue weighted by Gasteiger charge is 2.12. The molecule has 104 valence electrons. The van der Waals surface area contributed by atoms with Crippen molar-refractivity contribution in [3.8, 4) is 0 Å². The second-order valence-corrected chi connectivity index (χ2v) is 5.40. The second-order valence-electron chi connectivity index (χ2n) is 3.91. The predicted octanol–water partition coefficient (Wildman–Crippen LogP) is 0.833. The summed E-state index contributed by atoms with van der Waals surface area (Å²) in [5.74, 6) is 0.535. The van der Waals surface area contributed by atoms with Crippen LogP contribution in [0.4, 0.5) is 0 Å². The third-order valence-electron chi connectivity index (χ3n) is 2.28. The minimum Gasteiger partial charge on any atom is -0.447 e. The van der Waals surface area contributed by atoms with Crippen LogP contribution in [-0.2, 0) is 21.3 Å². The standard InChI is InChI=1S/C11H20N2O4S/c1-2-3-7-16-8-6-13-9-10-4-5-11(17-10)18(12,14)15/h4-5,13H,2-3,6-9H2,1H3,(H2,12,14,15). The summed E-state index contributed by atoms with van der Waals surface area (Å²) in [6.07, 6.45) is 2.19. The van der Waals surface area contributed by atoms with Crippen LogP contribution in [0.5, 0.6) is 0 Å². The molecule has 1 aromatic heterocycles. The maximum Gasteiger partial charge on any atom is 0.271 e. The van der Waals surface area contributed by atoms with Crippen LogP contribution >= 0.6 is 0 Å². The number of ether oxygens (including phenoxy) is 1.